The van der Waals surface area contributed by atoms with Gasteiger partial charge in [0.05, 0.1) is 18.1 Å². The SMILES string of the molecule is Nc1cnc(COc2cc(Br)ccc2F)cn1. The maximum absolute atomic E-state index is 13.3. The van der Waals surface area contributed by atoms with Gasteiger partial charge in [0.15, 0.2) is 11.6 Å². The number of ether oxygens (including phenoxy) is 1. The van der Waals surface area contributed by atoms with Crippen LogP contribution >= 0.6 is 15.9 Å². The third-order valence-electron chi connectivity index (χ3n) is 1.99. The van der Waals surface area contributed by atoms with E-state index in [9.17, 15) is 4.39 Å². The van der Waals surface area contributed by atoms with Gasteiger partial charge in [-0.05, 0) is 18.2 Å². The first kappa shape index (κ1) is 11.8. The van der Waals surface area contributed by atoms with Crippen LogP contribution in [0, 0.1) is 5.82 Å². The molecule has 1 heterocycles. The third kappa shape index (κ3) is 3.13. The number of anilines is 1. The molecular weight excluding hydrogens is 289 g/mol. The number of halogens is 2. The number of hydrogen-bond acceptors (Lipinski definition) is 4. The van der Waals surface area contributed by atoms with Crippen molar-refractivity contribution >= 4 is 21.7 Å². The zero-order valence-corrected chi connectivity index (χ0v) is 10.3. The number of nitrogen functional groups attached to an aromatic ring is 1. The van der Waals surface area contributed by atoms with Gasteiger partial charge >= 0.3 is 0 Å². The molecule has 0 fully saturated rings. The Morgan fingerprint density at radius 1 is 1.29 bits per heavy atom. The molecule has 2 rings (SSSR count). The summed E-state index contributed by atoms with van der Waals surface area (Å²) in [5.41, 5.74) is 5.98. The van der Waals surface area contributed by atoms with Gasteiger partial charge in [0.25, 0.3) is 0 Å². The molecule has 17 heavy (non-hydrogen) atoms. The van der Waals surface area contributed by atoms with E-state index in [1.54, 1.807) is 12.1 Å². The first-order chi connectivity index (χ1) is 8.15. The van der Waals surface area contributed by atoms with Gasteiger partial charge in [0.1, 0.15) is 12.4 Å². The predicted octanol–water partition coefficient (Wildman–Crippen LogP) is 2.54. The molecule has 0 saturated carbocycles. The minimum absolute atomic E-state index is 0.140. The molecular formula is C11H9BrFN3O. The molecule has 0 radical (unpaired) electrons. The molecule has 2 N–H and O–H groups in total. The van der Waals surface area contributed by atoms with Crippen LogP contribution in [-0.4, -0.2) is 9.97 Å². The van der Waals surface area contributed by atoms with Crippen molar-refractivity contribution in [3.05, 3.63) is 46.6 Å². The van der Waals surface area contributed by atoms with Crippen LogP contribution in [0.3, 0.4) is 0 Å². The Kier molecular flexibility index (Phi) is 3.53. The van der Waals surface area contributed by atoms with Crippen LogP contribution in [0.25, 0.3) is 0 Å². The van der Waals surface area contributed by atoms with Crippen LogP contribution in [0.5, 0.6) is 5.75 Å². The van der Waals surface area contributed by atoms with Crippen molar-refractivity contribution in [1.82, 2.24) is 9.97 Å². The van der Waals surface area contributed by atoms with Gasteiger partial charge in [-0.25, -0.2) is 9.37 Å². The Labute approximate surface area is 106 Å². The molecule has 4 nitrogen and oxygen atoms in total. The lowest BCUT2D eigenvalue weighted by atomic mass is 10.3. The molecule has 1 aromatic heterocycles. The average Bonchev–Trinajstić information content (AvgIpc) is 2.32. The maximum atomic E-state index is 13.3. The Morgan fingerprint density at radius 3 is 2.82 bits per heavy atom. The second kappa shape index (κ2) is 5.09. The summed E-state index contributed by atoms with van der Waals surface area (Å²) in [7, 11) is 0. The summed E-state index contributed by atoms with van der Waals surface area (Å²) in [6.07, 6.45) is 2.92. The maximum Gasteiger partial charge on any atom is 0.165 e. The van der Waals surface area contributed by atoms with Crippen molar-refractivity contribution in [2.24, 2.45) is 0 Å². The minimum Gasteiger partial charge on any atom is -0.484 e. The van der Waals surface area contributed by atoms with Gasteiger partial charge < -0.3 is 10.5 Å². The van der Waals surface area contributed by atoms with Crippen molar-refractivity contribution in [2.45, 2.75) is 6.61 Å². The molecule has 0 bridgehead atoms. The Morgan fingerprint density at radius 2 is 2.12 bits per heavy atom. The smallest absolute Gasteiger partial charge is 0.165 e. The number of benzene rings is 1. The first-order valence-corrected chi connectivity index (χ1v) is 5.58. The Bertz CT molecular complexity index is 519. The molecule has 0 spiro atoms. The first-order valence-electron chi connectivity index (χ1n) is 4.79. The van der Waals surface area contributed by atoms with Gasteiger partial charge in [-0.15, -0.1) is 0 Å². The highest BCUT2D eigenvalue weighted by Gasteiger charge is 2.05. The van der Waals surface area contributed by atoms with Crippen LogP contribution in [0.2, 0.25) is 0 Å². The van der Waals surface area contributed by atoms with E-state index >= 15 is 0 Å². The fraction of sp³-hybridized carbons (Fsp3) is 0.0909. The van der Waals surface area contributed by atoms with E-state index in [4.69, 9.17) is 10.5 Å². The summed E-state index contributed by atoms with van der Waals surface area (Å²) in [5.74, 6) is 0.0805. The highest BCUT2D eigenvalue weighted by atomic mass is 79.9. The van der Waals surface area contributed by atoms with Crippen molar-refractivity contribution in [3.63, 3.8) is 0 Å². The third-order valence-corrected chi connectivity index (χ3v) is 2.49. The fourth-order valence-corrected chi connectivity index (χ4v) is 1.52. The number of nitrogens with two attached hydrogens (primary N) is 1. The van der Waals surface area contributed by atoms with Crippen molar-refractivity contribution in [3.8, 4) is 5.75 Å². The highest BCUT2D eigenvalue weighted by molar-refractivity contribution is 9.10. The molecule has 1 aromatic carbocycles. The van der Waals surface area contributed by atoms with E-state index in [1.807, 2.05) is 0 Å². The van der Waals surface area contributed by atoms with Crippen LogP contribution < -0.4 is 10.5 Å². The lowest BCUT2D eigenvalue weighted by molar-refractivity contribution is 0.285. The highest BCUT2D eigenvalue weighted by Crippen LogP contribution is 2.22. The fourth-order valence-electron chi connectivity index (χ4n) is 1.18. The monoisotopic (exact) mass is 297 g/mol. The summed E-state index contributed by atoms with van der Waals surface area (Å²) in [6, 6.07) is 4.49. The number of nitrogens with zero attached hydrogens (tertiary/aromatic N) is 2. The van der Waals surface area contributed by atoms with Gasteiger partial charge in [0.2, 0.25) is 0 Å². The van der Waals surface area contributed by atoms with Crippen LogP contribution in [0.15, 0.2) is 35.1 Å². The van der Waals surface area contributed by atoms with Gasteiger partial charge in [-0.1, -0.05) is 15.9 Å². The summed E-state index contributed by atoms with van der Waals surface area (Å²) in [5, 5.41) is 0. The summed E-state index contributed by atoms with van der Waals surface area (Å²) >= 11 is 3.24. The molecule has 0 aliphatic rings. The normalized spacial score (nSPS) is 10.2. The Balaban J connectivity index is 2.07. The molecule has 0 saturated heterocycles. The van der Waals surface area contributed by atoms with E-state index in [2.05, 4.69) is 25.9 Å². The van der Waals surface area contributed by atoms with E-state index < -0.39 is 5.82 Å². The van der Waals surface area contributed by atoms with Gasteiger partial charge in [-0.2, -0.15) is 0 Å². The Hall–Kier alpha value is -1.69. The lowest BCUT2D eigenvalue weighted by Crippen LogP contribution is -2.01. The topological polar surface area (TPSA) is 61.0 Å². The molecule has 0 aliphatic heterocycles. The second-order valence-corrected chi connectivity index (χ2v) is 4.21. The predicted molar refractivity (Wildman–Crippen MR) is 64.9 cm³/mol. The summed E-state index contributed by atoms with van der Waals surface area (Å²) in [6.45, 7) is 0.140. The lowest BCUT2D eigenvalue weighted by Gasteiger charge is -2.06. The molecule has 0 amide bonds. The molecule has 0 aliphatic carbocycles. The van der Waals surface area contributed by atoms with Crippen LogP contribution in [0.1, 0.15) is 5.69 Å². The van der Waals surface area contributed by atoms with Crippen molar-refractivity contribution in [2.75, 3.05) is 5.73 Å². The van der Waals surface area contributed by atoms with E-state index in [-0.39, 0.29) is 12.4 Å². The van der Waals surface area contributed by atoms with Crippen molar-refractivity contribution in [1.29, 1.82) is 0 Å². The summed E-state index contributed by atoms with van der Waals surface area (Å²) < 4.78 is 19.4. The average molecular weight is 298 g/mol. The summed E-state index contributed by atoms with van der Waals surface area (Å²) in [4.78, 5) is 7.86. The molecule has 6 heteroatoms. The van der Waals surface area contributed by atoms with Crippen LogP contribution in [-0.2, 0) is 6.61 Å². The standard InChI is InChI=1S/C11H9BrFN3O/c12-7-1-2-9(13)10(3-7)17-6-8-4-16-11(14)5-15-8/h1-5H,6H2,(H2,14,16). The van der Waals surface area contributed by atoms with Crippen molar-refractivity contribution < 1.29 is 9.13 Å². The van der Waals surface area contributed by atoms with E-state index in [0.29, 0.717) is 11.5 Å². The van der Waals surface area contributed by atoms with Gasteiger partial charge in [-0.3, -0.25) is 4.98 Å². The second-order valence-electron chi connectivity index (χ2n) is 3.30. The van der Waals surface area contributed by atoms with Gasteiger partial charge in [0, 0.05) is 4.47 Å². The number of rotatable bonds is 3. The number of hydrogen-bond donors (Lipinski definition) is 1. The molecule has 2 aromatic rings. The molecule has 0 atom stereocenters. The number of aromatic nitrogens is 2. The molecule has 88 valence electrons. The zero-order chi connectivity index (χ0) is 12.3. The zero-order valence-electron chi connectivity index (χ0n) is 8.73. The quantitative estimate of drug-likeness (QED) is 0.946. The van der Waals surface area contributed by atoms with E-state index in [1.165, 1.54) is 18.5 Å². The van der Waals surface area contributed by atoms with E-state index in [0.717, 1.165) is 4.47 Å². The van der Waals surface area contributed by atoms with Crippen LogP contribution in [0.4, 0.5) is 10.2 Å². The minimum atomic E-state index is -0.420. The molecule has 0 unspecified atom stereocenters. The largest absolute Gasteiger partial charge is 0.484 e.